The summed E-state index contributed by atoms with van der Waals surface area (Å²) in [6, 6.07) is 0. The molecule has 0 N–H and O–H groups in total. The highest BCUT2D eigenvalue weighted by Crippen LogP contribution is 2.17. The van der Waals surface area contributed by atoms with Crippen LogP contribution in [0.4, 0.5) is 0 Å². The molecule has 0 bridgehead atoms. The molecule has 0 aliphatic carbocycles. The zero-order valence-electron chi connectivity index (χ0n) is 38.1. The maximum atomic E-state index is 12.8. The average molecular weight is 793 g/mol. The number of esters is 3. The Kier molecular flexibility index (Phi) is 43.2. The maximum absolute atomic E-state index is 12.8. The quantitative estimate of drug-likeness (QED) is 0.0347. The number of hydrogen-bond donors (Lipinski definition) is 0. The summed E-state index contributed by atoms with van der Waals surface area (Å²) < 4.78 is 16.7. The van der Waals surface area contributed by atoms with Crippen molar-refractivity contribution >= 4 is 17.9 Å². The Labute approximate surface area is 348 Å². The van der Waals surface area contributed by atoms with Crippen LogP contribution in [0.1, 0.15) is 278 Å². The smallest absolute Gasteiger partial charge is 0.306 e. The zero-order chi connectivity index (χ0) is 41.0. The van der Waals surface area contributed by atoms with Crippen molar-refractivity contribution in [3.8, 4) is 0 Å². The van der Waals surface area contributed by atoms with Crippen molar-refractivity contribution in [3.05, 3.63) is 0 Å². The summed E-state index contributed by atoms with van der Waals surface area (Å²) in [5.74, 6) is -0.0893. The minimum atomic E-state index is -0.760. The molecule has 0 aromatic heterocycles. The molecule has 6 heteroatoms. The first-order chi connectivity index (χ1) is 27.4. The fourth-order valence-corrected chi connectivity index (χ4v) is 7.51. The Morgan fingerprint density at radius 1 is 0.339 bits per heavy atom. The third-order valence-electron chi connectivity index (χ3n) is 11.3. The summed E-state index contributed by atoms with van der Waals surface area (Å²) in [6.07, 6.45) is 45.3. The Morgan fingerprint density at radius 2 is 0.589 bits per heavy atom. The molecular formula is C50H96O6. The van der Waals surface area contributed by atoms with Crippen molar-refractivity contribution in [1.82, 2.24) is 0 Å². The molecule has 0 aromatic carbocycles. The second-order valence-electron chi connectivity index (χ2n) is 17.6. The van der Waals surface area contributed by atoms with Crippen molar-refractivity contribution in [2.24, 2.45) is 5.92 Å². The number of carbonyl (C=O) groups excluding carboxylic acids is 3. The minimum absolute atomic E-state index is 0.0640. The minimum Gasteiger partial charge on any atom is -0.462 e. The van der Waals surface area contributed by atoms with Gasteiger partial charge in [-0.15, -0.1) is 0 Å². The van der Waals surface area contributed by atoms with E-state index in [2.05, 4.69) is 27.7 Å². The van der Waals surface area contributed by atoms with Gasteiger partial charge in [-0.25, -0.2) is 0 Å². The zero-order valence-corrected chi connectivity index (χ0v) is 38.1. The summed E-state index contributed by atoms with van der Waals surface area (Å²) in [5, 5.41) is 0. The molecule has 1 atom stereocenters. The van der Waals surface area contributed by atoms with E-state index in [4.69, 9.17) is 14.2 Å². The van der Waals surface area contributed by atoms with E-state index in [9.17, 15) is 14.4 Å². The van der Waals surface area contributed by atoms with Crippen molar-refractivity contribution in [3.63, 3.8) is 0 Å². The Balaban J connectivity index is 4.26. The third kappa shape index (κ3) is 43.5. The second-order valence-corrected chi connectivity index (χ2v) is 17.6. The molecule has 0 radical (unpaired) electrons. The molecule has 0 amide bonds. The Morgan fingerprint density at radius 3 is 0.875 bits per heavy atom. The Hall–Kier alpha value is -1.59. The molecule has 6 nitrogen and oxygen atoms in total. The molecule has 0 heterocycles. The second kappa shape index (κ2) is 44.5. The molecule has 0 aliphatic heterocycles. The van der Waals surface area contributed by atoms with Crippen LogP contribution in [0.25, 0.3) is 0 Å². The van der Waals surface area contributed by atoms with E-state index in [0.29, 0.717) is 19.3 Å². The van der Waals surface area contributed by atoms with Crippen molar-refractivity contribution < 1.29 is 28.6 Å². The van der Waals surface area contributed by atoms with Gasteiger partial charge in [0.05, 0.1) is 0 Å². The van der Waals surface area contributed by atoms with E-state index < -0.39 is 6.10 Å². The van der Waals surface area contributed by atoms with E-state index in [1.165, 1.54) is 173 Å². The van der Waals surface area contributed by atoms with Crippen LogP contribution in [0.2, 0.25) is 0 Å². The van der Waals surface area contributed by atoms with Gasteiger partial charge in [0.15, 0.2) is 6.10 Å². The summed E-state index contributed by atoms with van der Waals surface area (Å²) in [4.78, 5) is 37.8. The standard InChI is InChI=1S/C50H96O6/c1-5-7-9-11-13-15-17-19-20-21-22-23-25-27-29-35-39-43-50(53)56-47(45-55-49(52)42-38-34-31-30-32-36-40-46(3)4)44-54-48(51)41-37-33-28-26-24-18-16-14-12-10-8-6-2/h46-47H,5-45H2,1-4H3/t47-/m1/s1. The van der Waals surface area contributed by atoms with E-state index in [-0.39, 0.29) is 31.1 Å². The van der Waals surface area contributed by atoms with E-state index >= 15 is 0 Å². The summed E-state index contributed by atoms with van der Waals surface area (Å²) in [5.41, 5.74) is 0. The lowest BCUT2D eigenvalue weighted by Crippen LogP contribution is -2.30. The molecule has 0 aromatic rings. The highest BCUT2D eigenvalue weighted by Gasteiger charge is 2.19. The van der Waals surface area contributed by atoms with Crippen molar-refractivity contribution in [1.29, 1.82) is 0 Å². The third-order valence-corrected chi connectivity index (χ3v) is 11.3. The van der Waals surface area contributed by atoms with Gasteiger partial charge >= 0.3 is 17.9 Å². The molecule has 0 fully saturated rings. The maximum Gasteiger partial charge on any atom is 0.306 e. The average Bonchev–Trinajstić information content (AvgIpc) is 3.18. The normalized spacial score (nSPS) is 11.9. The van der Waals surface area contributed by atoms with E-state index in [0.717, 1.165) is 63.7 Å². The number of hydrogen-bond acceptors (Lipinski definition) is 6. The lowest BCUT2D eigenvalue weighted by atomic mass is 10.0. The number of rotatable bonds is 45. The molecule has 0 rings (SSSR count). The van der Waals surface area contributed by atoms with Crippen LogP contribution in [0.3, 0.4) is 0 Å². The molecule has 0 aliphatic rings. The molecule has 0 unspecified atom stereocenters. The van der Waals surface area contributed by atoms with Gasteiger partial charge < -0.3 is 14.2 Å². The highest BCUT2D eigenvalue weighted by molar-refractivity contribution is 5.71. The number of unbranched alkanes of at least 4 members (excludes halogenated alkanes) is 32. The molecule has 0 spiro atoms. The van der Waals surface area contributed by atoms with Crippen LogP contribution in [0.5, 0.6) is 0 Å². The molecular weight excluding hydrogens is 697 g/mol. The van der Waals surface area contributed by atoms with Gasteiger partial charge in [-0.05, 0) is 25.2 Å². The van der Waals surface area contributed by atoms with Gasteiger partial charge in [0.1, 0.15) is 13.2 Å². The molecule has 0 saturated heterocycles. The lowest BCUT2D eigenvalue weighted by molar-refractivity contribution is -0.167. The van der Waals surface area contributed by atoms with Gasteiger partial charge in [0.2, 0.25) is 0 Å². The van der Waals surface area contributed by atoms with Crippen molar-refractivity contribution in [2.45, 2.75) is 284 Å². The first kappa shape index (κ1) is 54.4. The predicted molar refractivity (Wildman–Crippen MR) is 238 cm³/mol. The van der Waals surface area contributed by atoms with Crippen LogP contribution in [-0.2, 0) is 28.6 Å². The lowest BCUT2D eigenvalue weighted by Gasteiger charge is -2.18. The molecule has 56 heavy (non-hydrogen) atoms. The molecule has 0 saturated carbocycles. The largest absolute Gasteiger partial charge is 0.462 e. The Bertz CT molecular complexity index is 841. The van der Waals surface area contributed by atoms with Crippen LogP contribution >= 0.6 is 0 Å². The van der Waals surface area contributed by atoms with E-state index in [1.54, 1.807) is 0 Å². The summed E-state index contributed by atoms with van der Waals surface area (Å²) in [6.45, 7) is 8.95. The van der Waals surface area contributed by atoms with Gasteiger partial charge in [0, 0.05) is 19.3 Å². The predicted octanol–water partition coefficient (Wildman–Crippen LogP) is 15.9. The monoisotopic (exact) mass is 793 g/mol. The van der Waals surface area contributed by atoms with Gasteiger partial charge in [-0.1, -0.05) is 240 Å². The van der Waals surface area contributed by atoms with Crippen LogP contribution < -0.4 is 0 Å². The first-order valence-electron chi connectivity index (χ1n) is 24.9. The van der Waals surface area contributed by atoms with Crippen molar-refractivity contribution in [2.75, 3.05) is 13.2 Å². The summed E-state index contributed by atoms with van der Waals surface area (Å²) in [7, 11) is 0. The van der Waals surface area contributed by atoms with Crippen LogP contribution in [-0.4, -0.2) is 37.2 Å². The number of ether oxygens (including phenoxy) is 3. The van der Waals surface area contributed by atoms with Crippen LogP contribution in [0.15, 0.2) is 0 Å². The summed E-state index contributed by atoms with van der Waals surface area (Å²) >= 11 is 0. The first-order valence-corrected chi connectivity index (χ1v) is 24.9. The molecule has 332 valence electrons. The number of carbonyl (C=O) groups is 3. The van der Waals surface area contributed by atoms with E-state index in [1.807, 2.05) is 0 Å². The van der Waals surface area contributed by atoms with Gasteiger partial charge in [0.25, 0.3) is 0 Å². The fraction of sp³-hybridized carbons (Fsp3) is 0.940. The SMILES string of the molecule is CCCCCCCCCCCCCCCCCCCC(=O)O[C@H](COC(=O)CCCCCCCCCCCCCC)COC(=O)CCCCCCCCC(C)C. The topological polar surface area (TPSA) is 78.9 Å². The van der Waals surface area contributed by atoms with Crippen LogP contribution in [0, 0.1) is 5.92 Å². The van der Waals surface area contributed by atoms with Gasteiger partial charge in [-0.3, -0.25) is 14.4 Å². The highest BCUT2D eigenvalue weighted by atomic mass is 16.6. The fourth-order valence-electron chi connectivity index (χ4n) is 7.51. The van der Waals surface area contributed by atoms with Gasteiger partial charge in [-0.2, -0.15) is 0 Å².